The van der Waals surface area contributed by atoms with Crippen molar-refractivity contribution >= 4 is 5.97 Å². The first-order valence-corrected chi connectivity index (χ1v) is 5.70. The molecule has 0 fully saturated rings. The van der Waals surface area contributed by atoms with Gasteiger partial charge in [-0.1, -0.05) is 18.2 Å². The predicted octanol–water partition coefficient (Wildman–Crippen LogP) is 2.48. The van der Waals surface area contributed by atoms with Gasteiger partial charge in [-0.05, 0) is 31.2 Å². The summed E-state index contributed by atoms with van der Waals surface area (Å²) < 4.78 is 5.62. The summed E-state index contributed by atoms with van der Waals surface area (Å²) in [5.41, 5.74) is -0.456. The summed E-state index contributed by atoms with van der Waals surface area (Å²) in [7, 11) is 0. The van der Waals surface area contributed by atoms with Crippen molar-refractivity contribution in [2.45, 2.75) is 18.9 Å². The molecule has 0 saturated carbocycles. The van der Waals surface area contributed by atoms with Crippen LogP contribution in [-0.4, -0.2) is 21.7 Å². The Bertz CT molecular complexity index is 507. The largest absolute Gasteiger partial charge is 0.478 e. The lowest BCUT2D eigenvalue weighted by molar-refractivity contribution is -0.153. The molecule has 1 unspecified atom stereocenters. The Morgan fingerprint density at radius 3 is 2.56 bits per heavy atom. The first-order valence-electron chi connectivity index (χ1n) is 5.70. The van der Waals surface area contributed by atoms with Gasteiger partial charge >= 0.3 is 5.97 Å². The number of ether oxygens (including phenoxy) is 1. The molecule has 2 aromatic rings. The Labute approximate surface area is 105 Å². The zero-order valence-electron chi connectivity index (χ0n) is 10.1. The first kappa shape index (κ1) is 12.2. The van der Waals surface area contributed by atoms with Gasteiger partial charge in [0.25, 0.3) is 0 Å². The van der Waals surface area contributed by atoms with Gasteiger partial charge in [0.05, 0.1) is 0 Å². The van der Waals surface area contributed by atoms with Crippen LogP contribution >= 0.6 is 0 Å². The average molecular weight is 245 g/mol. The topological polar surface area (TPSA) is 62.3 Å². The second-order valence-corrected chi connectivity index (χ2v) is 4.32. The van der Waals surface area contributed by atoms with Gasteiger partial charge in [-0.15, -0.1) is 0 Å². The Morgan fingerprint density at radius 2 is 2.00 bits per heavy atom. The number of benzene rings is 1. The molecule has 0 saturated heterocycles. The van der Waals surface area contributed by atoms with E-state index in [1.165, 1.54) is 0 Å². The van der Waals surface area contributed by atoms with E-state index in [1.54, 1.807) is 25.3 Å². The van der Waals surface area contributed by atoms with E-state index in [9.17, 15) is 9.90 Å². The molecule has 2 rings (SSSR count). The molecule has 1 aromatic carbocycles. The van der Waals surface area contributed by atoms with Crippen molar-refractivity contribution in [3.63, 3.8) is 0 Å². The summed E-state index contributed by atoms with van der Waals surface area (Å²) in [4.78, 5) is 14.4. The third kappa shape index (κ3) is 2.71. The lowest BCUT2D eigenvalue weighted by atomic mass is 10.00. The quantitative estimate of drug-likeness (QED) is 0.850. The van der Waals surface area contributed by atoms with Crippen molar-refractivity contribution in [2.75, 3.05) is 0 Å². The molecule has 0 aliphatic rings. The van der Waals surface area contributed by atoms with Gasteiger partial charge < -0.3 is 14.8 Å². The minimum absolute atomic E-state index is 0.282. The number of para-hydroxylation sites is 1. The number of aromatic amines is 1. The molecule has 0 aliphatic heterocycles. The molecule has 18 heavy (non-hydrogen) atoms. The molecule has 0 radical (unpaired) electrons. The highest BCUT2D eigenvalue weighted by Crippen LogP contribution is 2.22. The van der Waals surface area contributed by atoms with E-state index >= 15 is 0 Å². The summed E-state index contributed by atoms with van der Waals surface area (Å²) in [6, 6.07) is 12.6. The summed E-state index contributed by atoms with van der Waals surface area (Å²) in [5.74, 6) is -0.435. The maximum absolute atomic E-state index is 11.4. The van der Waals surface area contributed by atoms with Gasteiger partial charge in [0, 0.05) is 18.3 Å². The molecule has 0 aliphatic carbocycles. The molecule has 1 aromatic heterocycles. The Morgan fingerprint density at radius 1 is 1.28 bits per heavy atom. The third-order valence-electron chi connectivity index (χ3n) is 2.73. The SMILES string of the molecule is CC(Cc1ccc[nH]1)(Oc1ccccc1)C(=O)O. The van der Waals surface area contributed by atoms with E-state index in [2.05, 4.69) is 4.98 Å². The van der Waals surface area contributed by atoms with Gasteiger partial charge in [0.2, 0.25) is 5.60 Å². The van der Waals surface area contributed by atoms with Crippen LogP contribution in [0.15, 0.2) is 48.7 Å². The van der Waals surface area contributed by atoms with Crippen LogP contribution in [0.5, 0.6) is 5.75 Å². The van der Waals surface area contributed by atoms with Gasteiger partial charge in [-0.3, -0.25) is 0 Å². The summed E-state index contributed by atoms with van der Waals surface area (Å²) in [6.45, 7) is 1.57. The monoisotopic (exact) mass is 245 g/mol. The number of hydrogen-bond donors (Lipinski definition) is 2. The Kier molecular flexibility index (Phi) is 3.37. The van der Waals surface area contributed by atoms with E-state index in [0.717, 1.165) is 5.69 Å². The maximum Gasteiger partial charge on any atom is 0.348 e. The third-order valence-corrected chi connectivity index (χ3v) is 2.73. The van der Waals surface area contributed by atoms with Gasteiger partial charge in [0.15, 0.2) is 0 Å². The summed E-state index contributed by atoms with van der Waals surface area (Å²) in [6.07, 6.45) is 2.05. The van der Waals surface area contributed by atoms with E-state index in [1.807, 2.05) is 30.3 Å². The highest BCUT2D eigenvalue weighted by Gasteiger charge is 2.36. The van der Waals surface area contributed by atoms with E-state index < -0.39 is 11.6 Å². The van der Waals surface area contributed by atoms with E-state index in [4.69, 9.17) is 4.74 Å². The zero-order valence-corrected chi connectivity index (χ0v) is 10.1. The van der Waals surface area contributed by atoms with Crippen molar-refractivity contribution in [3.05, 3.63) is 54.4 Å². The molecule has 1 heterocycles. The molecule has 2 N–H and O–H groups in total. The number of rotatable bonds is 5. The normalized spacial score (nSPS) is 13.8. The van der Waals surface area contributed by atoms with Crippen LogP contribution in [0, 0.1) is 0 Å². The number of carboxylic acids is 1. The molecular formula is C14H15NO3. The van der Waals surface area contributed by atoms with Gasteiger partial charge in [-0.2, -0.15) is 0 Å². The van der Waals surface area contributed by atoms with Crippen molar-refractivity contribution < 1.29 is 14.6 Å². The summed E-state index contributed by atoms with van der Waals surface area (Å²) >= 11 is 0. The van der Waals surface area contributed by atoms with Gasteiger partial charge in [0.1, 0.15) is 5.75 Å². The standard InChI is InChI=1S/C14H15NO3/c1-14(13(16)17,10-11-6-5-9-15-11)18-12-7-3-2-4-8-12/h2-9,15H,10H2,1H3,(H,16,17). The molecule has 4 nitrogen and oxygen atoms in total. The van der Waals surface area contributed by atoms with E-state index in [0.29, 0.717) is 5.75 Å². The fourth-order valence-corrected chi connectivity index (χ4v) is 1.74. The van der Waals surface area contributed by atoms with Gasteiger partial charge in [-0.25, -0.2) is 4.79 Å². The summed E-state index contributed by atoms with van der Waals surface area (Å²) in [5, 5.41) is 9.35. The van der Waals surface area contributed by atoms with Crippen LogP contribution in [-0.2, 0) is 11.2 Å². The highest BCUT2D eigenvalue weighted by atomic mass is 16.5. The smallest absolute Gasteiger partial charge is 0.348 e. The van der Waals surface area contributed by atoms with Crippen LogP contribution in [0.1, 0.15) is 12.6 Å². The fraction of sp³-hybridized carbons (Fsp3) is 0.214. The Hall–Kier alpha value is -2.23. The Balaban J connectivity index is 2.19. The molecular weight excluding hydrogens is 230 g/mol. The molecule has 0 bridgehead atoms. The maximum atomic E-state index is 11.4. The molecule has 0 spiro atoms. The first-order chi connectivity index (χ1) is 8.60. The van der Waals surface area contributed by atoms with Crippen LogP contribution in [0.4, 0.5) is 0 Å². The molecule has 0 amide bonds. The minimum atomic E-state index is -1.29. The number of carboxylic acid groups (broad SMARTS) is 1. The van der Waals surface area contributed by atoms with Crippen molar-refractivity contribution in [1.29, 1.82) is 0 Å². The number of nitrogens with one attached hydrogen (secondary N) is 1. The zero-order chi connectivity index (χ0) is 13.0. The molecule has 1 atom stereocenters. The molecule has 4 heteroatoms. The number of hydrogen-bond acceptors (Lipinski definition) is 2. The van der Waals surface area contributed by atoms with Crippen LogP contribution in [0.25, 0.3) is 0 Å². The number of H-pyrrole nitrogens is 1. The number of aliphatic carboxylic acids is 1. The minimum Gasteiger partial charge on any atom is -0.478 e. The highest BCUT2D eigenvalue weighted by molar-refractivity contribution is 5.77. The average Bonchev–Trinajstić information content (AvgIpc) is 2.82. The predicted molar refractivity (Wildman–Crippen MR) is 67.6 cm³/mol. The lowest BCUT2D eigenvalue weighted by Crippen LogP contribution is -2.43. The van der Waals surface area contributed by atoms with Crippen molar-refractivity contribution in [2.24, 2.45) is 0 Å². The van der Waals surface area contributed by atoms with Crippen molar-refractivity contribution in [1.82, 2.24) is 4.98 Å². The lowest BCUT2D eigenvalue weighted by Gasteiger charge is -2.25. The molecule has 94 valence electrons. The van der Waals surface area contributed by atoms with Crippen LogP contribution < -0.4 is 4.74 Å². The fourth-order valence-electron chi connectivity index (χ4n) is 1.74. The number of carbonyl (C=O) groups is 1. The van der Waals surface area contributed by atoms with E-state index in [-0.39, 0.29) is 6.42 Å². The van der Waals surface area contributed by atoms with Crippen molar-refractivity contribution in [3.8, 4) is 5.75 Å². The second kappa shape index (κ2) is 4.96. The van der Waals surface area contributed by atoms with Crippen LogP contribution in [0.3, 0.4) is 0 Å². The number of aromatic nitrogens is 1. The van der Waals surface area contributed by atoms with Crippen LogP contribution in [0.2, 0.25) is 0 Å². The second-order valence-electron chi connectivity index (χ2n) is 4.32.